The molecule has 0 saturated carbocycles. The Labute approximate surface area is 117 Å². The van der Waals surface area contributed by atoms with Gasteiger partial charge in [0.05, 0.1) is 31.2 Å². The first kappa shape index (κ1) is 14.1. The first-order valence-corrected chi connectivity index (χ1v) is 6.35. The summed E-state index contributed by atoms with van der Waals surface area (Å²) in [7, 11) is 1.65. The third kappa shape index (κ3) is 2.39. The van der Waals surface area contributed by atoms with Gasteiger partial charge in [0.15, 0.2) is 0 Å². The minimum absolute atomic E-state index is 0.0705. The predicted octanol–water partition coefficient (Wildman–Crippen LogP) is 2.64. The van der Waals surface area contributed by atoms with E-state index in [9.17, 15) is 4.79 Å². The minimum Gasteiger partial charge on any atom is -0.496 e. The lowest BCUT2D eigenvalue weighted by molar-refractivity contribution is -0.136. The minimum atomic E-state index is -0.880. The van der Waals surface area contributed by atoms with Crippen LogP contribution < -0.4 is 4.74 Å². The summed E-state index contributed by atoms with van der Waals surface area (Å²) in [4.78, 5) is 18.1. The molecule has 2 rings (SSSR count). The summed E-state index contributed by atoms with van der Waals surface area (Å²) in [6.45, 7) is 5.96. The van der Waals surface area contributed by atoms with Crippen molar-refractivity contribution >= 4 is 5.97 Å². The van der Waals surface area contributed by atoms with Crippen molar-refractivity contribution in [1.29, 1.82) is 0 Å². The monoisotopic (exact) mass is 274 g/mol. The maximum Gasteiger partial charge on any atom is 0.309 e. The SMILES string of the molecule is COc1c(C)cc(-c2nc[nH]c2CC(=O)O)c(C)c1C. The Kier molecular flexibility index (Phi) is 3.79. The number of aromatic nitrogens is 2. The molecule has 0 bridgehead atoms. The number of nitrogens with zero attached hydrogens (tertiary/aromatic N) is 1. The Morgan fingerprint density at radius 2 is 2.05 bits per heavy atom. The lowest BCUT2D eigenvalue weighted by Crippen LogP contribution is -2.03. The van der Waals surface area contributed by atoms with E-state index in [0.29, 0.717) is 11.4 Å². The van der Waals surface area contributed by atoms with E-state index in [2.05, 4.69) is 9.97 Å². The van der Waals surface area contributed by atoms with E-state index in [0.717, 1.165) is 28.0 Å². The van der Waals surface area contributed by atoms with Crippen molar-refractivity contribution in [1.82, 2.24) is 9.97 Å². The van der Waals surface area contributed by atoms with Gasteiger partial charge in [-0.25, -0.2) is 4.98 Å². The van der Waals surface area contributed by atoms with Gasteiger partial charge in [0.1, 0.15) is 5.75 Å². The van der Waals surface area contributed by atoms with Crippen LogP contribution in [0.4, 0.5) is 0 Å². The van der Waals surface area contributed by atoms with Gasteiger partial charge in [-0.2, -0.15) is 0 Å². The van der Waals surface area contributed by atoms with E-state index in [1.165, 1.54) is 6.33 Å². The number of nitrogens with one attached hydrogen (secondary N) is 1. The molecule has 0 spiro atoms. The molecule has 0 unspecified atom stereocenters. The predicted molar refractivity (Wildman–Crippen MR) is 76.1 cm³/mol. The molecule has 1 aromatic carbocycles. The van der Waals surface area contributed by atoms with Crippen molar-refractivity contribution in [3.05, 3.63) is 34.8 Å². The van der Waals surface area contributed by atoms with Gasteiger partial charge in [0, 0.05) is 5.56 Å². The molecule has 0 atom stereocenters. The van der Waals surface area contributed by atoms with Gasteiger partial charge in [0.2, 0.25) is 0 Å². The van der Waals surface area contributed by atoms with Crippen LogP contribution in [0.25, 0.3) is 11.3 Å². The number of benzene rings is 1. The first-order chi connectivity index (χ1) is 9.45. The van der Waals surface area contributed by atoms with Crippen LogP contribution in [0.3, 0.4) is 0 Å². The van der Waals surface area contributed by atoms with Crippen LogP contribution in [0.15, 0.2) is 12.4 Å². The summed E-state index contributed by atoms with van der Waals surface area (Å²) >= 11 is 0. The third-order valence-corrected chi connectivity index (χ3v) is 3.53. The number of carboxylic acids is 1. The molecular formula is C15H18N2O3. The summed E-state index contributed by atoms with van der Waals surface area (Å²) in [5.41, 5.74) is 5.36. The summed E-state index contributed by atoms with van der Waals surface area (Å²) in [6.07, 6.45) is 1.46. The zero-order chi connectivity index (χ0) is 14.9. The number of aryl methyl sites for hydroxylation is 1. The highest BCUT2D eigenvalue weighted by molar-refractivity contribution is 5.76. The van der Waals surface area contributed by atoms with E-state index >= 15 is 0 Å². The van der Waals surface area contributed by atoms with Crippen molar-refractivity contribution in [2.24, 2.45) is 0 Å². The highest BCUT2D eigenvalue weighted by Gasteiger charge is 2.17. The maximum absolute atomic E-state index is 10.9. The zero-order valence-electron chi connectivity index (χ0n) is 12.1. The highest BCUT2D eigenvalue weighted by atomic mass is 16.5. The van der Waals surface area contributed by atoms with Gasteiger partial charge in [0.25, 0.3) is 0 Å². The number of hydrogen-bond donors (Lipinski definition) is 2. The highest BCUT2D eigenvalue weighted by Crippen LogP contribution is 2.34. The molecule has 0 saturated heterocycles. The van der Waals surface area contributed by atoms with Gasteiger partial charge in [-0.15, -0.1) is 0 Å². The quantitative estimate of drug-likeness (QED) is 0.898. The van der Waals surface area contributed by atoms with Gasteiger partial charge in [-0.05, 0) is 43.5 Å². The number of H-pyrrole nitrogens is 1. The molecule has 0 amide bonds. The Morgan fingerprint density at radius 3 is 2.65 bits per heavy atom. The molecule has 0 radical (unpaired) electrons. The molecular weight excluding hydrogens is 256 g/mol. The van der Waals surface area contributed by atoms with Gasteiger partial charge in [-0.3, -0.25) is 4.79 Å². The summed E-state index contributed by atoms with van der Waals surface area (Å²) in [5, 5.41) is 8.95. The number of carbonyl (C=O) groups is 1. The number of ether oxygens (including phenoxy) is 1. The number of aromatic amines is 1. The summed E-state index contributed by atoms with van der Waals surface area (Å²) in [5.74, 6) is -0.0170. The average molecular weight is 274 g/mol. The number of aliphatic carboxylic acids is 1. The molecule has 2 N–H and O–H groups in total. The normalized spacial score (nSPS) is 10.6. The van der Waals surface area contributed by atoms with Crippen LogP contribution in [0.2, 0.25) is 0 Å². The second-order valence-electron chi connectivity index (χ2n) is 4.82. The van der Waals surface area contributed by atoms with Crippen LogP contribution in [-0.2, 0) is 11.2 Å². The molecule has 0 aliphatic rings. The number of hydrogen-bond acceptors (Lipinski definition) is 3. The van der Waals surface area contributed by atoms with Gasteiger partial charge in [-0.1, -0.05) is 0 Å². The van der Waals surface area contributed by atoms with Crippen LogP contribution in [0, 0.1) is 20.8 Å². The van der Waals surface area contributed by atoms with Crippen molar-refractivity contribution < 1.29 is 14.6 Å². The zero-order valence-corrected chi connectivity index (χ0v) is 12.1. The molecule has 1 heterocycles. The van der Waals surface area contributed by atoms with Crippen molar-refractivity contribution in [2.75, 3.05) is 7.11 Å². The maximum atomic E-state index is 10.9. The molecule has 20 heavy (non-hydrogen) atoms. The fourth-order valence-electron chi connectivity index (χ4n) is 2.46. The summed E-state index contributed by atoms with van der Waals surface area (Å²) < 4.78 is 5.40. The van der Waals surface area contributed by atoms with Crippen LogP contribution in [-0.4, -0.2) is 28.2 Å². The summed E-state index contributed by atoms with van der Waals surface area (Å²) in [6, 6.07) is 1.99. The van der Waals surface area contributed by atoms with E-state index < -0.39 is 5.97 Å². The second-order valence-corrected chi connectivity index (χ2v) is 4.82. The fourth-order valence-corrected chi connectivity index (χ4v) is 2.46. The third-order valence-electron chi connectivity index (χ3n) is 3.53. The van der Waals surface area contributed by atoms with Gasteiger partial charge >= 0.3 is 5.97 Å². The topological polar surface area (TPSA) is 75.2 Å². The Hall–Kier alpha value is -2.30. The molecule has 2 aromatic rings. The average Bonchev–Trinajstić information content (AvgIpc) is 2.81. The lowest BCUT2D eigenvalue weighted by Gasteiger charge is -2.15. The largest absolute Gasteiger partial charge is 0.496 e. The van der Waals surface area contributed by atoms with E-state index in [4.69, 9.17) is 9.84 Å². The number of methoxy groups -OCH3 is 1. The van der Waals surface area contributed by atoms with E-state index in [1.54, 1.807) is 7.11 Å². The number of imidazole rings is 1. The van der Waals surface area contributed by atoms with Crippen molar-refractivity contribution in [3.63, 3.8) is 0 Å². The number of rotatable bonds is 4. The van der Waals surface area contributed by atoms with Crippen LogP contribution in [0.1, 0.15) is 22.4 Å². The second kappa shape index (κ2) is 5.36. The van der Waals surface area contributed by atoms with Crippen molar-refractivity contribution in [3.8, 4) is 17.0 Å². The Balaban J connectivity index is 2.59. The molecule has 0 fully saturated rings. The van der Waals surface area contributed by atoms with Crippen LogP contribution >= 0.6 is 0 Å². The van der Waals surface area contributed by atoms with Crippen molar-refractivity contribution in [2.45, 2.75) is 27.2 Å². The van der Waals surface area contributed by atoms with E-state index in [-0.39, 0.29) is 6.42 Å². The molecule has 106 valence electrons. The first-order valence-electron chi connectivity index (χ1n) is 6.35. The molecule has 0 aliphatic heterocycles. The van der Waals surface area contributed by atoms with Crippen LogP contribution in [0.5, 0.6) is 5.75 Å². The Morgan fingerprint density at radius 1 is 1.35 bits per heavy atom. The van der Waals surface area contributed by atoms with Gasteiger partial charge < -0.3 is 14.8 Å². The smallest absolute Gasteiger partial charge is 0.309 e. The Bertz CT molecular complexity index is 659. The van der Waals surface area contributed by atoms with E-state index in [1.807, 2.05) is 26.8 Å². The lowest BCUT2D eigenvalue weighted by atomic mass is 9.95. The molecule has 0 aliphatic carbocycles. The number of carboxylic acid groups (broad SMARTS) is 1. The molecule has 5 heteroatoms. The fraction of sp³-hybridized carbons (Fsp3) is 0.333. The molecule has 5 nitrogen and oxygen atoms in total. The molecule has 1 aromatic heterocycles. The standard InChI is InChI=1S/C15H18N2O3/c1-8-5-11(9(2)10(3)15(8)20-4)14-12(6-13(18)19)16-7-17-14/h5,7H,6H2,1-4H3,(H,16,17)(H,18,19).